The van der Waals surface area contributed by atoms with Crippen LogP contribution in [0.4, 0.5) is 4.79 Å². The fraction of sp³-hybridized carbons (Fsp3) is 0.476. The number of fused-ring (bicyclic) bond motifs is 1. The SMILES string of the molecule is COC(=O)C(C)(C)OC(=O)N1CCC(Cc2noc(-c3cc4cnccc4o3)n2)CC1. The highest BCUT2D eigenvalue weighted by Gasteiger charge is 2.36. The Morgan fingerprint density at radius 3 is 2.77 bits per heavy atom. The maximum absolute atomic E-state index is 12.4. The summed E-state index contributed by atoms with van der Waals surface area (Å²) in [7, 11) is 1.26. The third-order valence-electron chi connectivity index (χ3n) is 5.36. The van der Waals surface area contributed by atoms with E-state index in [-0.39, 0.29) is 0 Å². The van der Waals surface area contributed by atoms with E-state index in [1.54, 1.807) is 23.4 Å². The van der Waals surface area contributed by atoms with Gasteiger partial charge in [-0.15, -0.1) is 0 Å². The molecule has 0 spiro atoms. The van der Waals surface area contributed by atoms with Gasteiger partial charge in [0.15, 0.2) is 11.6 Å². The number of ether oxygens (including phenoxy) is 2. The van der Waals surface area contributed by atoms with Gasteiger partial charge in [0, 0.05) is 37.3 Å². The highest BCUT2D eigenvalue weighted by atomic mass is 16.6. The van der Waals surface area contributed by atoms with Crippen LogP contribution in [0.3, 0.4) is 0 Å². The first-order valence-electron chi connectivity index (χ1n) is 10.1. The zero-order chi connectivity index (χ0) is 22.0. The average Bonchev–Trinajstić information content (AvgIpc) is 3.40. The largest absolute Gasteiger partial charge is 0.466 e. The number of esters is 1. The fourth-order valence-corrected chi connectivity index (χ4v) is 3.57. The number of methoxy groups -OCH3 is 1. The van der Waals surface area contributed by atoms with Gasteiger partial charge in [-0.3, -0.25) is 4.98 Å². The first-order valence-corrected chi connectivity index (χ1v) is 10.1. The summed E-state index contributed by atoms with van der Waals surface area (Å²) in [4.78, 5) is 34.2. The Hall–Kier alpha value is -3.43. The van der Waals surface area contributed by atoms with Crippen LogP contribution in [-0.4, -0.2) is 57.9 Å². The van der Waals surface area contributed by atoms with Crippen LogP contribution in [0.1, 0.15) is 32.5 Å². The molecule has 1 amide bonds. The number of amides is 1. The van der Waals surface area contributed by atoms with E-state index < -0.39 is 17.7 Å². The van der Waals surface area contributed by atoms with Crippen LogP contribution < -0.4 is 0 Å². The number of furan rings is 1. The number of likely N-dealkylation sites (tertiary alicyclic amines) is 1. The number of hydrogen-bond acceptors (Lipinski definition) is 9. The minimum Gasteiger partial charge on any atom is -0.466 e. The second-order valence-corrected chi connectivity index (χ2v) is 8.04. The van der Waals surface area contributed by atoms with Gasteiger partial charge in [-0.05, 0) is 44.7 Å². The Balaban J connectivity index is 1.31. The Morgan fingerprint density at radius 1 is 1.29 bits per heavy atom. The van der Waals surface area contributed by atoms with Crippen molar-refractivity contribution in [2.24, 2.45) is 5.92 Å². The molecule has 0 N–H and O–H groups in total. The zero-order valence-electron chi connectivity index (χ0n) is 17.7. The number of rotatable bonds is 5. The first kappa shape index (κ1) is 20.8. The van der Waals surface area contributed by atoms with Crippen molar-refractivity contribution in [3.63, 3.8) is 0 Å². The van der Waals surface area contributed by atoms with Crippen LogP contribution in [-0.2, 0) is 20.7 Å². The molecular weight excluding hydrogens is 404 g/mol. The number of carbonyl (C=O) groups excluding carboxylic acids is 2. The van der Waals surface area contributed by atoms with Crippen molar-refractivity contribution in [2.75, 3.05) is 20.2 Å². The maximum Gasteiger partial charge on any atom is 0.410 e. The summed E-state index contributed by atoms with van der Waals surface area (Å²) in [6, 6.07) is 3.60. The quantitative estimate of drug-likeness (QED) is 0.564. The lowest BCUT2D eigenvalue weighted by Crippen LogP contribution is -2.45. The molecule has 31 heavy (non-hydrogen) atoms. The van der Waals surface area contributed by atoms with E-state index in [2.05, 4.69) is 19.9 Å². The number of pyridine rings is 1. The smallest absolute Gasteiger partial charge is 0.410 e. The van der Waals surface area contributed by atoms with Gasteiger partial charge < -0.3 is 23.3 Å². The Labute approximate surface area is 178 Å². The molecule has 0 saturated carbocycles. The molecular formula is C21H24N4O6. The predicted molar refractivity (Wildman–Crippen MR) is 108 cm³/mol. The molecule has 1 fully saturated rings. The molecule has 1 aliphatic rings. The monoisotopic (exact) mass is 428 g/mol. The van der Waals surface area contributed by atoms with Crippen molar-refractivity contribution in [2.45, 2.75) is 38.7 Å². The van der Waals surface area contributed by atoms with Crippen molar-refractivity contribution >= 4 is 23.0 Å². The number of nitrogens with zero attached hydrogens (tertiary/aromatic N) is 4. The lowest BCUT2D eigenvalue weighted by Gasteiger charge is -2.33. The van der Waals surface area contributed by atoms with Gasteiger partial charge >= 0.3 is 12.1 Å². The van der Waals surface area contributed by atoms with E-state index in [9.17, 15) is 9.59 Å². The van der Waals surface area contributed by atoms with E-state index in [1.165, 1.54) is 21.0 Å². The molecule has 0 atom stereocenters. The number of aromatic nitrogens is 3. The molecule has 0 radical (unpaired) electrons. The molecule has 0 unspecified atom stereocenters. The van der Waals surface area contributed by atoms with Gasteiger partial charge in [0.1, 0.15) is 5.58 Å². The molecule has 164 valence electrons. The summed E-state index contributed by atoms with van der Waals surface area (Å²) in [5.74, 6) is 1.15. The Bertz CT molecular complexity index is 1050. The predicted octanol–water partition coefficient (Wildman–Crippen LogP) is 3.22. The summed E-state index contributed by atoms with van der Waals surface area (Å²) >= 11 is 0. The van der Waals surface area contributed by atoms with Crippen LogP contribution in [0.15, 0.2) is 33.5 Å². The summed E-state index contributed by atoms with van der Waals surface area (Å²) in [6.07, 6.45) is 5.04. The molecule has 4 rings (SSSR count). The molecule has 3 aromatic heterocycles. The van der Waals surface area contributed by atoms with Crippen LogP contribution in [0.2, 0.25) is 0 Å². The molecule has 10 nitrogen and oxygen atoms in total. The van der Waals surface area contributed by atoms with E-state index in [0.29, 0.717) is 48.5 Å². The first-order chi connectivity index (χ1) is 14.9. The summed E-state index contributed by atoms with van der Waals surface area (Å²) in [5, 5.41) is 4.94. The summed E-state index contributed by atoms with van der Waals surface area (Å²) in [5.41, 5.74) is -0.615. The van der Waals surface area contributed by atoms with Crippen molar-refractivity contribution in [1.82, 2.24) is 20.0 Å². The van der Waals surface area contributed by atoms with Crippen LogP contribution in [0.25, 0.3) is 22.6 Å². The standard InChI is InChI=1S/C21H24N4O6/c1-21(2,19(26)28-3)30-20(27)25-8-5-13(6-9-25)10-17-23-18(31-24-17)16-11-14-12-22-7-4-15(14)29-16/h4,7,11-13H,5-6,8-10H2,1-3H3. The lowest BCUT2D eigenvalue weighted by molar-refractivity contribution is -0.159. The van der Waals surface area contributed by atoms with Gasteiger partial charge in [0.05, 0.1) is 7.11 Å². The molecule has 0 aromatic carbocycles. The molecule has 0 bridgehead atoms. The second kappa shape index (κ2) is 8.37. The van der Waals surface area contributed by atoms with Crippen LogP contribution in [0.5, 0.6) is 0 Å². The number of piperidine rings is 1. The molecule has 10 heteroatoms. The molecule has 3 aromatic rings. The minimum absolute atomic E-state index is 0.308. The van der Waals surface area contributed by atoms with Gasteiger partial charge in [-0.2, -0.15) is 4.98 Å². The molecule has 1 aliphatic heterocycles. The van der Waals surface area contributed by atoms with Gasteiger partial charge in [-0.25, -0.2) is 9.59 Å². The van der Waals surface area contributed by atoms with Gasteiger partial charge in [0.25, 0.3) is 5.89 Å². The molecule has 0 aliphatic carbocycles. The van der Waals surface area contributed by atoms with Crippen LogP contribution >= 0.6 is 0 Å². The topological polar surface area (TPSA) is 121 Å². The highest BCUT2D eigenvalue weighted by Crippen LogP contribution is 2.27. The molecule has 4 heterocycles. The maximum atomic E-state index is 12.4. The van der Waals surface area contributed by atoms with E-state index in [4.69, 9.17) is 13.7 Å². The third-order valence-corrected chi connectivity index (χ3v) is 5.36. The van der Waals surface area contributed by atoms with E-state index in [1.807, 2.05) is 6.07 Å². The summed E-state index contributed by atoms with van der Waals surface area (Å²) in [6.45, 7) is 4.08. The fourth-order valence-electron chi connectivity index (χ4n) is 3.57. The number of carbonyl (C=O) groups is 2. The number of hydrogen-bond donors (Lipinski definition) is 0. The van der Waals surface area contributed by atoms with Crippen molar-refractivity contribution in [3.05, 3.63) is 30.4 Å². The van der Waals surface area contributed by atoms with E-state index >= 15 is 0 Å². The van der Waals surface area contributed by atoms with Crippen molar-refractivity contribution in [3.8, 4) is 11.7 Å². The minimum atomic E-state index is -1.32. The normalized spacial score (nSPS) is 15.3. The second-order valence-electron chi connectivity index (χ2n) is 8.04. The average molecular weight is 428 g/mol. The lowest BCUT2D eigenvalue weighted by atomic mass is 9.93. The van der Waals surface area contributed by atoms with E-state index in [0.717, 1.165) is 18.2 Å². The zero-order valence-corrected chi connectivity index (χ0v) is 17.7. The molecule has 1 saturated heterocycles. The third kappa shape index (κ3) is 4.52. The Kier molecular flexibility index (Phi) is 5.62. The Morgan fingerprint density at radius 2 is 2.06 bits per heavy atom. The van der Waals surface area contributed by atoms with Crippen molar-refractivity contribution < 1.29 is 28.0 Å². The van der Waals surface area contributed by atoms with Gasteiger partial charge in [0.2, 0.25) is 5.60 Å². The van der Waals surface area contributed by atoms with Crippen LogP contribution in [0, 0.1) is 5.92 Å². The van der Waals surface area contributed by atoms with Gasteiger partial charge in [-0.1, -0.05) is 5.16 Å². The summed E-state index contributed by atoms with van der Waals surface area (Å²) < 4.78 is 21.1. The van der Waals surface area contributed by atoms with Crippen molar-refractivity contribution in [1.29, 1.82) is 0 Å². The highest BCUT2D eigenvalue weighted by molar-refractivity contribution is 5.82.